The van der Waals surface area contributed by atoms with Crippen molar-refractivity contribution >= 4 is 38.4 Å². The predicted octanol–water partition coefficient (Wildman–Crippen LogP) is 2.89. The molecule has 0 spiro atoms. The van der Waals surface area contributed by atoms with E-state index in [0.717, 1.165) is 21.1 Å². The van der Waals surface area contributed by atoms with Gasteiger partial charge in [0, 0.05) is 30.2 Å². The maximum atomic E-state index is 11.9. The number of carbonyl (C=O) groups is 1. The third kappa shape index (κ3) is 3.04. The van der Waals surface area contributed by atoms with Crippen molar-refractivity contribution in [1.82, 2.24) is 9.88 Å². The van der Waals surface area contributed by atoms with Gasteiger partial charge >= 0.3 is 0 Å². The average Bonchev–Trinajstić information content (AvgIpc) is 2.37. The van der Waals surface area contributed by atoms with Gasteiger partial charge in [0.15, 0.2) is 0 Å². The summed E-state index contributed by atoms with van der Waals surface area (Å²) in [5.74, 6) is 0.0362. The number of rotatable bonds is 3. The van der Waals surface area contributed by atoms with Gasteiger partial charge in [-0.1, -0.05) is 12.1 Å². The summed E-state index contributed by atoms with van der Waals surface area (Å²) in [6, 6.07) is 7.60. The van der Waals surface area contributed by atoms with E-state index in [1.165, 1.54) is 0 Å². The Morgan fingerprint density at radius 2 is 2.16 bits per heavy atom. The van der Waals surface area contributed by atoms with Crippen LogP contribution in [0.5, 0.6) is 0 Å². The predicted molar refractivity (Wildman–Crippen MR) is 81.2 cm³/mol. The molecule has 1 aromatic heterocycles. The molecule has 0 aliphatic heterocycles. The number of amides is 1. The molecule has 1 aromatic carbocycles. The number of hydrogen-bond donors (Lipinski definition) is 1. The summed E-state index contributed by atoms with van der Waals surface area (Å²) < 4.78 is 0.939. The van der Waals surface area contributed by atoms with Crippen molar-refractivity contribution < 1.29 is 4.79 Å². The highest BCUT2D eigenvalue weighted by Gasteiger charge is 2.15. The zero-order valence-electron chi connectivity index (χ0n) is 11.1. The number of pyridine rings is 1. The number of benzene rings is 1. The van der Waals surface area contributed by atoms with Gasteiger partial charge in [0.25, 0.3) is 0 Å². The molecule has 1 amide bonds. The lowest BCUT2D eigenvalue weighted by Crippen LogP contribution is -2.36. The number of halogens is 1. The molecule has 4 nitrogen and oxygen atoms in total. The van der Waals surface area contributed by atoms with E-state index < -0.39 is 0 Å². The van der Waals surface area contributed by atoms with Gasteiger partial charge < -0.3 is 10.2 Å². The minimum absolute atomic E-state index is 0.0362. The van der Waals surface area contributed by atoms with Crippen LogP contribution in [0.15, 0.2) is 34.9 Å². The van der Waals surface area contributed by atoms with Crippen LogP contribution in [0.1, 0.15) is 6.92 Å². The number of nitrogens with zero attached hydrogens (tertiary/aromatic N) is 2. The van der Waals surface area contributed by atoms with Crippen molar-refractivity contribution in [3.8, 4) is 0 Å². The largest absolute Gasteiger partial charge is 0.372 e. The fourth-order valence-electron chi connectivity index (χ4n) is 1.93. The van der Waals surface area contributed by atoms with Gasteiger partial charge in [-0.05, 0) is 35.0 Å². The van der Waals surface area contributed by atoms with Crippen LogP contribution in [0.25, 0.3) is 10.9 Å². The van der Waals surface area contributed by atoms with Crippen molar-refractivity contribution in [3.05, 3.63) is 34.9 Å². The molecule has 0 aliphatic carbocycles. The molecule has 5 heteroatoms. The molecule has 2 rings (SSSR count). The maximum absolute atomic E-state index is 11.9. The first-order valence-electron chi connectivity index (χ1n) is 6.01. The molecule has 1 N–H and O–H groups in total. The first-order chi connectivity index (χ1) is 8.99. The SMILES string of the molecule is CC(Nc1cccc2cc(Br)cnc12)C(=O)N(C)C. The van der Waals surface area contributed by atoms with Gasteiger partial charge in [0.2, 0.25) is 5.91 Å². The average molecular weight is 322 g/mol. The van der Waals surface area contributed by atoms with Crippen LogP contribution >= 0.6 is 15.9 Å². The van der Waals surface area contributed by atoms with Crippen molar-refractivity contribution in [2.24, 2.45) is 0 Å². The summed E-state index contributed by atoms with van der Waals surface area (Å²) in [4.78, 5) is 17.9. The van der Waals surface area contributed by atoms with Crippen LogP contribution in [0.2, 0.25) is 0 Å². The van der Waals surface area contributed by atoms with Crippen molar-refractivity contribution in [1.29, 1.82) is 0 Å². The number of likely N-dealkylation sites (N-methyl/N-ethyl adjacent to an activating group) is 1. The smallest absolute Gasteiger partial charge is 0.244 e. The highest BCUT2D eigenvalue weighted by molar-refractivity contribution is 9.10. The molecule has 0 saturated carbocycles. The number of fused-ring (bicyclic) bond motifs is 1. The fourth-order valence-corrected chi connectivity index (χ4v) is 2.28. The molecular formula is C14H16BrN3O. The van der Waals surface area contributed by atoms with E-state index in [9.17, 15) is 4.79 Å². The molecule has 19 heavy (non-hydrogen) atoms. The molecular weight excluding hydrogens is 306 g/mol. The summed E-state index contributed by atoms with van der Waals surface area (Å²) in [7, 11) is 3.50. The third-order valence-electron chi connectivity index (χ3n) is 2.86. The van der Waals surface area contributed by atoms with Crippen molar-refractivity contribution in [2.45, 2.75) is 13.0 Å². The third-order valence-corrected chi connectivity index (χ3v) is 3.29. The van der Waals surface area contributed by atoms with E-state index in [1.807, 2.05) is 31.2 Å². The van der Waals surface area contributed by atoms with Crippen LogP contribution in [-0.2, 0) is 4.79 Å². The second-order valence-electron chi connectivity index (χ2n) is 4.63. The van der Waals surface area contributed by atoms with Gasteiger partial charge in [-0.3, -0.25) is 9.78 Å². The summed E-state index contributed by atoms with van der Waals surface area (Å²) in [5.41, 5.74) is 1.73. The van der Waals surface area contributed by atoms with E-state index in [2.05, 4.69) is 26.2 Å². The van der Waals surface area contributed by atoms with E-state index in [-0.39, 0.29) is 11.9 Å². The monoisotopic (exact) mass is 321 g/mol. The number of carbonyl (C=O) groups excluding carboxylic acids is 1. The lowest BCUT2D eigenvalue weighted by Gasteiger charge is -2.19. The van der Waals surface area contributed by atoms with Crippen molar-refractivity contribution in [3.63, 3.8) is 0 Å². The van der Waals surface area contributed by atoms with E-state index >= 15 is 0 Å². The highest BCUT2D eigenvalue weighted by atomic mass is 79.9. The molecule has 0 saturated heterocycles. The van der Waals surface area contributed by atoms with E-state index in [0.29, 0.717) is 0 Å². The Labute approximate surface area is 120 Å². The normalized spacial score (nSPS) is 12.2. The van der Waals surface area contributed by atoms with Crippen LogP contribution < -0.4 is 5.32 Å². The summed E-state index contributed by atoms with van der Waals surface area (Å²) in [6.45, 7) is 1.85. The highest BCUT2D eigenvalue weighted by Crippen LogP contribution is 2.24. The van der Waals surface area contributed by atoms with Gasteiger partial charge in [-0.15, -0.1) is 0 Å². The zero-order valence-corrected chi connectivity index (χ0v) is 12.7. The second-order valence-corrected chi connectivity index (χ2v) is 5.55. The Morgan fingerprint density at radius 3 is 2.84 bits per heavy atom. The minimum atomic E-state index is -0.286. The van der Waals surface area contributed by atoms with E-state index in [1.54, 1.807) is 25.2 Å². The first kappa shape index (κ1) is 13.8. The molecule has 2 aromatic rings. The fraction of sp³-hybridized carbons (Fsp3) is 0.286. The van der Waals surface area contributed by atoms with Gasteiger partial charge in [0.05, 0.1) is 11.2 Å². The Hall–Kier alpha value is -1.62. The molecule has 0 fully saturated rings. The van der Waals surface area contributed by atoms with Crippen LogP contribution in [0.4, 0.5) is 5.69 Å². The topological polar surface area (TPSA) is 45.2 Å². The van der Waals surface area contributed by atoms with Crippen LogP contribution in [0, 0.1) is 0 Å². The number of para-hydroxylation sites is 1. The summed E-state index contributed by atoms with van der Waals surface area (Å²) >= 11 is 3.41. The quantitative estimate of drug-likeness (QED) is 0.945. The van der Waals surface area contributed by atoms with Gasteiger partial charge in [-0.25, -0.2) is 0 Å². The number of hydrogen-bond acceptors (Lipinski definition) is 3. The molecule has 100 valence electrons. The molecule has 0 bridgehead atoms. The molecule has 1 unspecified atom stereocenters. The Kier molecular flexibility index (Phi) is 4.04. The lowest BCUT2D eigenvalue weighted by molar-refractivity contribution is -0.129. The second kappa shape index (κ2) is 5.57. The van der Waals surface area contributed by atoms with Crippen LogP contribution in [0.3, 0.4) is 0 Å². The summed E-state index contributed by atoms with van der Waals surface area (Å²) in [6.07, 6.45) is 1.76. The Balaban J connectivity index is 2.33. The van der Waals surface area contributed by atoms with E-state index in [4.69, 9.17) is 0 Å². The van der Waals surface area contributed by atoms with Crippen LogP contribution in [-0.4, -0.2) is 35.9 Å². The Morgan fingerprint density at radius 1 is 1.42 bits per heavy atom. The molecule has 0 aliphatic rings. The number of anilines is 1. The first-order valence-corrected chi connectivity index (χ1v) is 6.80. The van der Waals surface area contributed by atoms with Gasteiger partial charge in [-0.2, -0.15) is 0 Å². The number of aromatic nitrogens is 1. The zero-order chi connectivity index (χ0) is 14.0. The van der Waals surface area contributed by atoms with Crippen molar-refractivity contribution in [2.75, 3.05) is 19.4 Å². The Bertz CT molecular complexity index is 613. The summed E-state index contributed by atoms with van der Waals surface area (Å²) in [5, 5.41) is 4.25. The lowest BCUT2D eigenvalue weighted by atomic mass is 10.1. The molecule has 0 radical (unpaired) electrons. The van der Waals surface area contributed by atoms with Gasteiger partial charge in [0.1, 0.15) is 6.04 Å². The molecule has 1 heterocycles. The molecule has 1 atom stereocenters. The maximum Gasteiger partial charge on any atom is 0.244 e. The standard InChI is InChI=1S/C14H16BrN3O/c1-9(14(19)18(2)3)17-12-6-4-5-10-7-11(15)8-16-13(10)12/h4-9,17H,1-3H3. The number of nitrogens with one attached hydrogen (secondary N) is 1. The minimum Gasteiger partial charge on any atom is -0.372 e.